The van der Waals surface area contributed by atoms with Crippen LogP contribution in [0.4, 0.5) is 0 Å². The Kier molecular flexibility index (Phi) is 4.91. The predicted octanol–water partition coefficient (Wildman–Crippen LogP) is 2.31. The van der Waals surface area contributed by atoms with Gasteiger partial charge in [-0.1, -0.05) is 0 Å². The molecular weight excluding hydrogens is 282 g/mol. The Hall–Kier alpha value is -0.490. The Bertz CT molecular complexity index is 355. The van der Waals surface area contributed by atoms with E-state index in [1.807, 2.05) is 12.1 Å². The summed E-state index contributed by atoms with van der Waals surface area (Å²) < 4.78 is 6.61. The maximum atomic E-state index is 5.61. The summed E-state index contributed by atoms with van der Waals surface area (Å²) in [4.78, 5) is 4.36. The second kappa shape index (κ2) is 6.44. The average molecular weight is 300 g/mol. The van der Waals surface area contributed by atoms with Gasteiger partial charge < -0.3 is 4.74 Å². The van der Waals surface area contributed by atoms with E-state index in [9.17, 15) is 0 Å². The van der Waals surface area contributed by atoms with E-state index < -0.39 is 0 Å². The number of ether oxygens (including phenoxy) is 1. The number of nitrogens with one attached hydrogen (secondary N) is 1. The third-order valence-electron chi connectivity index (χ3n) is 3.12. The lowest BCUT2D eigenvalue weighted by atomic mass is 10.0. The van der Waals surface area contributed by atoms with Crippen LogP contribution in [0.1, 0.15) is 37.4 Å². The van der Waals surface area contributed by atoms with Crippen molar-refractivity contribution in [2.45, 2.75) is 37.8 Å². The summed E-state index contributed by atoms with van der Waals surface area (Å²) in [6.45, 7) is 0.901. The SMILES string of the molecule is NNC(CCC1CCCO1)c1ncccc1Br. The van der Waals surface area contributed by atoms with Crippen LogP contribution in [0.15, 0.2) is 22.8 Å². The molecule has 2 heterocycles. The van der Waals surface area contributed by atoms with Crippen molar-refractivity contribution in [2.24, 2.45) is 5.84 Å². The molecule has 0 aromatic carbocycles. The van der Waals surface area contributed by atoms with Gasteiger partial charge in [-0.3, -0.25) is 16.3 Å². The van der Waals surface area contributed by atoms with Gasteiger partial charge in [-0.25, -0.2) is 0 Å². The molecule has 2 rings (SSSR count). The van der Waals surface area contributed by atoms with Gasteiger partial charge in [0.1, 0.15) is 0 Å². The highest BCUT2D eigenvalue weighted by Crippen LogP contribution is 2.26. The summed E-state index contributed by atoms with van der Waals surface area (Å²) in [6.07, 6.45) is 6.50. The standard InChI is InChI=1S/C12H18BrN3O/c13-10-4-1-7-15-12(10)11(16-14)6-5-9-3-2-8-17-9/h1,4,7,9,11,16H,2-3,5-6,8,14H2. The molecule has 0 bridgehead atoms. The second-order valence-corrected chi connectivity index (χ2v) is 5.16. The van der Waals surface area contributed by atoms with Crippen LogP contribution in [0.2, 0.25) is 0 Å². The van der Waals surface area contributed by atoms with Crippen LogP contribution in [-0.4, -0.2) is 17.7 Å². The van der Waals surface area contributed by atoms with Crippen molar-refractivity contribution in [3.63, 3.8) is 0 Å². The Labute approximate surface area is 110 Å². The first kappa shape index (κ1) is 13.0. The van der Waals surface area contributed by atoms with E-state index in [0.29, 0.717) is 6.10 Å². The molecule has 0 spiro atoms. The molecule has 1 aromatic heterocycles. The third-order valence-corrected chi connectivity index (χ3v) is 3.79. The molecule has 5 heteroatoms. The molecule has 0 aliphatic carbocycles. The van der Waals surface area contributed by atoms with E-state index in [-0.39, 0.29) is 6.04 Å². The molecule has 0 amide bonds. The quantitative estimate of drug-likeness (QED) is 0.647. The Morgan fingerprint density at radius 2 is 2.53 bits per heavy atom. The highest BCUT2D eigenvalue weighted by atomic mass is 79.9. The second-order valence-electron chi connectivity index (χ2n) is 4.30. The van der Waals surface area contributed by atoms with Crippen LogP contribution in [0.25, 0.3) is 0 Å². The molecule has 3 N–H and O–H groups in total. The van der Waals surface area contributed by atoms with Crippen molar-refractivity contribution < 1.29 is 4.74 Å². The van der Waals surface area contributed by atoms with Gasteiger partial charge in [-0.15, -0.1) is 0 Å². The fourth-order valence-electron chi connectivity index (χ4n) is 2.18. The van der Waals surface area contributed by atoms with Crippen molar-refractivity contribution in [1.82, 2.24) is 10.4 Å². The minimum absolute atomic E-state index is 0.0785. The van der Waals surface area contributed by atoms with Crippen LogP contribution in [-0.2, 0) is 4.74 Å². The molecule has 4 nitrogen and oxygen atoms in total. The Morgan fingerprint density at radius 3 is 3.18 bits per heavy atom. The van der Waals surface area contributed by atoms with Crippen LogP contribution in [0, 0.1) is 0 Å². The molecule has 2 unspecified atom stereocenters. The molecule has 94 valence electrons. The smallest absolute Gasteiger partial charge is 0.0728 e. The zero-order chi connectivity index (χ0) is 12.1. The highest BCUT2D eigenvalue weighted by molar-refractivity contribution is 9.10. The molecule has 1 aliphatic rings. The summed E-state index contributed by atoms with van der Waals surface area (Å²) in [6, 6.07) is 3.97. The number of hydrogen-bond acceptors (Lipinski definition) is 4. The maximum Gasteiger partial charge on any atom is 0.0728 e. The van der Waals surface area contributed by atoms with E-state index in [4.69, 9.17) is 10.6 Å². The number of nitrogens with two attached hydrogens (primary N) is 1. The lowest BCUT2D eigenvalue weighted by Gasteiger charge is -2.18. The average Bonchev–Trinajstić information content (AvgIpc) is 2.85. The van der Waals surface area contributed by atoms with Crippen molar-refractivity contribution >= 4 is 15.9 Å². The number of hydrazine groups is 1. The van der Waals surface area contributed by atoms with E-state index >= 15 is 0 Å². The van der Waals surface area contributed by atoms with E-state index in [1.54, 1.807) is 6.20 Å². The minimum Gasteiger partial charge on any atom is -0.378 e. The number of halogens is 1. The summed E-state index contributed by atoms with van der Waals surface area (Å²) in [5.74, 6) is 5.61. The van der Waals surface area contributed by atoms with Crippen LogP contribution < -0.4 is 11.3 Å². The van der Waals surface area contributed by atoms with Crippen molar-refractivity contribution in [3.05, 3.63) is 28.5 Å². The molecule has 1 saturated heterocycles. The number of pyridine rings is 1. The number of rotatable bonds is 5. The van der Waals surface area contributed by atoms with Crippen molar-refractivity contribution in [1.29, 1.82) is 0 Å². The molecule has 1 aliphatic heterocycles. The minimum atomic E-state index is 0.0785. The number of aromatic nitrogens is 1. The molecule has 0 radical (unpaired) electrons. The first-order chi connectivity index (χ1) is 8.31. The van der Waals surface area contributed by atoms with Gasteiger partial charge in [0.15, 0.2) is 0 Å². The van der Waals surface area contributed by atoms with Crippen LogP contribution in [0.5, 0.6) is 0 Å². The van der Waals surface area contributed by atoms with Gasteiger partial charge in [-0.05, 0) is 53.7 Å². The lowest BCUT2D eigenvalue weighted by Crippen LogP contribution is -2.29. The fraction of sp³-hybridized carbons (Fsp3) is 0.583. The van der Waals surface area contributed by atoms with E-state index in [2.05, 4.69) is 26.3 Å². The third kappa shape index (κ3) is 3.48. The van der Waals surface area contributed by atoms with Crippen molar-refractivity contribution in [3.8, 4) is 0 Å². The van der Waals surface area contributed by atoms with E-state index in [0.717, 1.165) is 29.6 Å². The first-order valence-corrected chi connectivity index (χ1v) is 6.78. The summed E-state index contributed by atoms with van der Waals surface area (Å²) >= 11 is 3.50. The number of hydrogen-bond donors (Lipinski definition) is 2. The maximum absolute atomic E-state index is 5.61. The zero-order valence-corrected chi connectivity index (χ0v) is 11.3. The van der Waals surface area contributed by atoms with Crippen LogP contribution >= 0.6 is 15.9 Å². The molecule has 0 saturated carbocycles. The molecule has 1 fully saturated rings. The lowest BCUT2D eigenvalue weighted by molar-refractivity contribution is 0.0994. The highest BCUT2D eigenvalue weighted by Gasteiger charge is 2.20. The molecule has 1 aromatic rings. The molecule has 2 atom stereocenters. The van der Waals surface area contributed by atoms with Gasteiger partial charge >= 0.3 is 0 Å². The van der Waals surface area contributed by atoms with E-state index in [1.165, 1.54) is 12.8 Å². The molecular formula is C12H18BrN3O. The monoisotopic (exact) mass is 299 g/mol. The van der Waals surface area contributed by atoms with Crippen molar-refractivity contribution in [2.75, 3.05) is 6.61 Å². The Balaban J connectivity index is 1.94. The Morgan fingerprint density at radius 1 is 1.65 bits per heavy atom. The zero-order valence-electron chi connectivity index (χ0n) is 9.73. The summed E-state index contributed by atoms with van der Waals surface area (Å²) in [5.41, 5.74) is 3.80. The van der Waals surface area contributed by atoms with Gasteiger partial charge in [0.2, 0.25) is 0 Å². The normalized spacial score (nSPS) is 21.6. The number of nitrogens with zero attached hydrogens (tertiary/aromatic N) is 1. The largest absolute Gasteiger partial charge is 0.378 e. The van der Waals surface area contributed by atoms with Gasteiger partial charge in [0, 0.05) is 17.3 Å². The van der Waals surface area contributed by atoms with Crippen LogP contribution in [0.3, 0.4) is 0 Å². The van der Waals surface area contributed by atoms with Gasteiger partial charge in [0.05, 0.1) is 17.8 Å². The topological polar surface area (TPSA) is 60.2 Å². The fourth-order valence-corrected chi connectivity index (χ4v) is 2.71. The first-order valence-electron chi connectivity index (χ1n) is 5.99. The van der Waals surface area contributed by atoms with Gasteiger partial charge in [0.25, 0.3) is 0 Å². The molecule has 17 heavy (non-hydrogen) atoms. The van der Waals surface area contributed by atoms with Gasteiger partial charge in [-0.2, -0.15) is 0 Å². The predicted molar refractivity (Wildman–Crippen MR) is 70.2 cm³/mol. The summed E-state index contributed by atoms with van der Waals surface area (Å²) in [7, 11) is 0. The summed E-state index contributed by atoms with van der Waals surface area (Å²) in [5, 5.41) is 0.